The fourth-order valence-electron chi connectivity index (χ4n) is 3.19. The molecule has 0 spiro atoms. The summed E-state index contributed by atoms with van der Waals surface area (Å²) in [7, 11) is 2.13. The molecular formula is C20H17N3S. The number of fused-ring (bicyclic) bond motifs is 2. The molecule has 4 heteroatoms. The smallest absolute Gasteiger partial charge is 0.135 e. The number of thiazole rings is 1. The molecule has 3 aromatic rings. The van der Waals surface area contributed by atoms with Gasteiger partial charge in [0.25, 0.3) is 0 Å². The highest BCUT2D eigenvalue weighted by Gasteiger charge is 2.14. The first-order chi connectivity index (χ1) is 11.7. The number of aromatic nitrogens is 1. The molecule has 1 aliphatic rings. The summed E-state index contributed by atoms with van der Waals surface area (Å²) in [6.45, 7) is 1.11. The predicted octanol–water partition coefficient (Wildman–Crippen LogP) is 4.74. The first-order valence-corrected chi connectivity index (χ1v) is 8.88. The Hall–Kier alpha value is -2.64. The van der Waals surface area contributed by atoms with Gasteiger partial charge in [0, 0.05) is 19.3 Å². The van der Waals surface area contributed by atoms with E-state index in [-0.39, 0.29) is 0 Å². The Balaban J connectivity index is 1.74. The number of hydrogen-bond acceptors (Lipinski definition) is 4. The lowest BCUT2D eigenvalue weighted by Crippen LogP contribution is -2.24. The van der Waals surface area contributed by atoms with E-state index in [0.717, 1.165) is 33.8 Å². The third kappa shape index (κ3) is 2.68. The Labute approximate surface area is 145 Å². The highest BCUT2D eigenvalue weighted by atomic mass is 32.1. The molecule has 0 N–H and O–H groups in total. The minimum absolute atomic E-state index is 0.625. The molecule has 3 nitrogen and oxygen atoms in total. The number of aryl methyl sites for hydroxylation is 1. The van der Waals surface area contributed by atoms with Crippen molar-refractivity contribution in [3.63, 3.8) is 0 Å². The van der Waals surface area contributed by atoms with Crippen molar-refractivity contribution in [1.29, 1.82) is 5.26 Å². The Morgan fingerprint density at radius 3 is 3.00 bits per heavy atom. The van der Waals surface area contributed by atoms with Crippen LogP contribution in [0.15, 0.2) is 42.5 Å². The highest BCUT2D eigenvalue weighted by molar-refractivity contribution is 7.19. The average molecular weight is 331 g/mol. The second kappa shape index (κ2) is 6.10. The molecule has 2 aromatic carbocycles. The zero-order valence-corrected chi connectivity index (χ0v) is 14.3. The van der Waals surface area contributed by atoms with E-state index in [9.17, 15) is 5.26 Å². The van der Waals surface area contributed by atoms with Crippen LogP contribution >= 0.6 is 11.3 Å². The number of para-hydroxylation sites is 1. The quantitative estimate of drug-likeness (QED) is 0.637. The molecule has 118 valence electrons. The zero-order chi connectivity index (χ0) is 16.5. The third-order valence-corrected chi connectivity index (χ3v) is 5.48. The van der Waals surface area contributed by atoms with E-state index in [1.807, 2.05) is 30.3 Å². The molecule has 0 fully saturated rings. The molecule has 0 saturated carbocycles. The van der Waals surface area contributed by atoms with E-state index in [2.05, 4.69) is 41.2 Å². The van der Waals surface area contributed by atoms with Crippen molar-refractivity contribution in [1.82, 2.24) is 4.98 Å². The molecular weight excluding hydrogens is 314 g/mol. The molecule has 0 bridgehead atoms. The summed E-state index contributed by atoms with van der Waals surface area (Å²) in [6, 6.07) is 16.8. The van der Waals surface area contributed by atoms with Crippen LogP contribution in [0.2, 0.25) is 0 Å². The number of allylic oxidation sites excluding steroid dienone is 1. The van der Waals surface area contributed by atoms with Gasteiger partial charge in [0.15, 0.2) is 0 Å². The van der Waals surface area contributed by atoms with Gasteiger partial charge in [0.2, 0.25) is 0 Å². The lowest BCUT2D eigenvalue weighted by molar-refractivity contribution is 0.744. The van der Waals surface area contributed by atoms with Gasteiger partial charge in [-0.05, 0) is 54.3 Å². The Morgan fingerprint density at radius 2 is 2.17 bits per heavy atom. The van der Waals surface area contributed by atoms with Crippen LogP contribution in [-0.4, -0.2) is 18.6 Å². The van der Waals surface area contributed by atoms with Crippen LogP contribution < -0.4 is 4.90 Å². The van der Waals surface area contributed by atoms with Gasteiger partial charge in [0.05, 0.1) is 15.8 Å². The molecule has 1 aromatic heterocycles. The van der Waals surface area contributed by atoms with E-state index in [0.29, 0.717) is 5.57 Å². The van der Waals surface area contributed by atoms with Crippen molar-refractivity contribution in [3.05, 3.63) is 58.6 Å². The first kappa shape index (κ1) is 14.9. The standard InChI is InChI=1S/C20H17N3S/c1-23-10-4-5-15-11-14(8-9-18(15)23)12-16(13-21)20-22-17-6-2-3-7-19(17)24-20/h2-3,6-9,11-12H,4-5,10H2,1H3/b16-12+. The minimum Gasteiger partial charge on any atom is -0.374 e. The molecule has 0 amide bonds. The number of rotatable bonds is 2. The number of nitriles is 1. The number of nitrogens with zero attached hydrogens (tertiary/aromatic N) is 3. The van der Waals surface area contributed by atoms with Crippen LogP contribution in [0, 0.1) is 11.3 Å². The molecule has 0 unspecified atom stereocenters. The van der Waals surface area contributed by atoms with E-state index in [4.69, 9.17) is 0 Å². The first-order valence-electron chi connectivity index (χ1n) is 8.06. The zero-order valence-electron chi connectivity index (χ0n) is 13.5. The van der Waals surface area contributed by atoms with E-state index >= 15 is 0 Å². The summed E-state index contributed by atoms with van der Waals surface area (Å²) >= 11 is 1.57. The monoisotopic (exact) mass is 331 g/mol. The maximum atomic E-state index is 9.59. The maximum absolute atomic E-state index is 9.59. The van der Waals surface area contributed by atoms with Gasteiger partial charge in [-0.25, -0.2) is 4.98 Å². The minimum atomic E-state index is 0.625. The van der Waals surface area contributed by atoms with E-state index in [1.165, 1.54) is 17.7 Å². The SMILES string of the molecule is CN1CCCc2cc(/C=C(\C#N)c3nc4ccccc4s3)ccc21. The average Bonchev–Trinajstić information content (AvgIpc) is 3.03. The summed E-state index contributed by atoms with van der Waals surface area (Å²) < 4.78 is 1.11. The molecule has 0 atom stereocenters. The topological polar surface area (TPSA) is 39.9 Å². The summed E-state index contributed by atoms with van der Waals surface area (Å²) in [5, 5.41) is 10.4. The van der Waals surface area contributed by atoms with Crippen LogP contribution in [-0.2, 0) is 6.42 Å². The van der Waals surface area contributed by atoms with Crippen molar-refractivity contribution in [2.24, 2.45) is 0 Å². The Bertz CT molecular complexity index is 945. The largest absolute Gasteiger partial charge is 0.374 e. The summed E-state index contributed by atoms with van der Waals surface area (Å²) in [5.41, 5.74) is 5.31. The molecule has 0 saturated heterocycles. The van der Waals surface area contributed by atoms with Crippen molar-refractivity contribution < 1.29 is 0 Å². The molecule has 1 aliphatic heterocycles. The van der Waals surface area contributed by atoms with Gasteiger partial charge in [-0.15, -0.1) is 11.3 Å². The number of hydrogen-bond donors (Lipinski definition) is 0. The predicted molar refractivity (Wildman–Crippen MR) is 101 cm³/mol. The van der Waals surface area contributed by atoms with Crippen LogP contribution in [0.4, 0.5) is 5.69 Å². The van der Waals surface area contributed by atoms with Crippen LogP contribution in [0.5, 0.6) is 0 Å². The van der Waals surface area contributed by atoms with Crippen LogP contribution in [0.1, 0.15) is 22.6 Å². The Kier molecular flexibility index (Phi) is 3.79. The van der Waals surface area contributed by atoms with Gasteiger partial charge in [-0.3, -0.25) is 0 Å². The van der Waals surface area contributed by atoms with Gasteiger partial charge < -0.3 is 4.90 Å². The van der Waals surface area contributed by atoms with Gasteiger partial charge in [-0.1, -0.05) is 18.2 Å². The Morgan fingerprint density at radius 1 is 1.29 bits per heavy atom. The van der Waals surface area contributed by atoms with Crippen LogP contribution in [0.3, 0.4) is 0 Å². The molecule has 2 heterocycles. The number of benzene rings is 2. The van der Waals surface area contributed by atoms with Crippen molar-refractivity contribution in [3.8, 4) is 6.07 Å². The van der Waals surface area contributed by atoms with Gasteiger partial charge in [-0.2, -0.15) is 5.26 Å². The normalized spacial score (nSPS) is 14.5. The lowest BCUT2D eigenvalue weighted by atomic mass is 9.99. The van der Waals surface area contributed by atoms with E-state index < -0.39 is 0 Å². The second-order valence-corrected chi connectivity index (χ2v) is 7.10. The molecule has 4 rings (SSSR count). The third-order valence-electron chi connectivity index (χ3n) is 4.41. The van der Waals surface area contributed by atoms with Crippen LogP contribution in [0.25, 0.3) is 21.9 Å². The maximum Gasteiger partial charge on any atom is 0.135 e. The van der Waals surface area contributed by atoms with Crippen molar-refractivity contribution in [2.75, 3.05) is 18.5 Å². The molecule has 0 aliphatic carbocycles. The molecule has 0 radical (unpaired) electrons. The van der Waals surface area contributed by atoms with Gasteiger partial charge in [0.1, 0.15) is 11.1 Å². The van der Waals surface area contributed by atoms with Gasteiger partial charge >= 0.3 is 0 Å². The fourth-order valence-corrected chi connectivity index (χ4v) is 4.12. The summed E-state index contributed by atoms with van der Waals surface area (Å²) in [5.74, 6) is 0. The van der Waals surface area contributed by atoms with E-state index in [1.54, 1.807) is 11.3 Å². The number of anilines is 1. The summed E-state index contributed by atoms with van der Waals surface area (Å²) in [6.07, 6.45) is 4.23. The van der Waals surface area contributed by atoms with Crippen molar-refractivity contribution in [2.45, 2.75) is 12.8 Å². The second-order valence-electron chi connectivity index (χ2n) is 6.07. The fraction of sp³-hybridized carbons (Fsp3) is 0.200. The lowest BCUT2D eigenvalue weighted by Gasteiger charge is -2.27. The summed E-state index contributed by atoms with van der Waals surface area (Å²) in [4.78, 5) is 6.90. The van der Waals surface area contributed by atoms with Crippen molar-refractivity contribution >= 4 is 38.9 Å². The molecule has 24 heavy (non-hydrogen) atoms. The highest BCUT2D eigenvalue weighted by Crippen LogP contribution is 2.30.